The minimum absolute atomic E-state index is 0.0369. The molecule has 0 aliphatic heterocycles. The summed E-state index contributed by atoms with van der Waals surface area (Å²) in [6.07, 6.45) is 0. The summed E-state index contributed by atoms with van der Waals surface area (Å²) in [5, 5.41) is 14.7. The standard InChI is InChI=1S/C18H14N4O5/c1-11-15(16(21-27-11)12-6-3-2-4-7-12)18(24)20-19-17(23)13-8-5-9-14(10-13)22(25)26/h2-10H,1H3,(H,19,23)(H,20,24). The van der Waals surface area contributed by atoms with E-state index < -0.39 is 16.7 Å². The number of non-ortho nitro benzene ring substituents is 1. The Morgan fingerprint density at radius 3 is 2.44 bits per heavy atom. The average Bonchev–Trinajstić information content (AvgIpc) is 3.08. The summed E-state index contributed by atoms with van der Waals surface area (Å²) in [7, 11) is 0. The molecule has 0 aliphatic carbocycles. The zero-order chi connectivity index (χ0) is 19.4. The van der Waals surface area contributed by atoms with E-state index >= 15 is 0 Å². The zero-order valence-corrected chi connectivity index (χ0v) is 14.1. The van der Waals surface area contributed by atoms with Crippen LogP contribution >= 0.6 is 0 Å². The van der Waals surface area contributed by atoms with Gasteiger partial charge in [0.15, 0.2) is 0 Å². The Labute approximate surface area is 153 Å². The van der Waals surface area contributed by atoms with Gasteiger partial charge < -0.3 is 4.52 Å². The lowest BCUT2D eigenvalue weighted by atomic mass is 10.1. The number of nitro groups is 1. The first-order valence-electron chi connectivity index (χ1n) is 7.84. The zero-order valence-electron chi connectivity index (χ0n) is 14.1. The smallest absolute Gasteiger partial charge is 0.275 e. The number of aryl methyl sites for hydroxylation is 1. The average molecular weight is 366 g/mol. The molecule has 0 radical (unpaired) electrons. The van der Waals surface area contributed by atoms with Gasteiger partial charge in [0, 0.05) is 23.3 Å². The molecule has 2 N–H and O–H groups in total. The summed E-state index contributed by atoms with van der Waals surface area (Å²) in [6, 6.07) is 14.1. The van der Waals surface area contributed by atoms with E-state index in [4.69, 9.17) is 4.52 Å². The van der Waals surface area contributed by atoms with Crippen molar-refractivity contribution >= 4 is 17.5 Å². The number of aromatic nitrogens is 1. The summed E-state index contributed by atoms with van der Waals surface area (Å²) < 4.78 is 5.11. The molecule has 9 nitrogen and oxygen atoms in total. The molecule has 0 atom stereocenters. The maximum Gasteiger partial charge on any atom is 0.275 e. The number of hydrazine groups is 1. The van der Waals surface area contributed by atoms with Crippen LogP contribution in [0.25, 0.3) is 11.3 Å². The van der Waals surface area contributed by atoms with Gasteiger partial charge in [0.25, 0.3) is 17.5 Å². The van der Waals surface area contributed by atoms with Gasteiger partial charge >= 0.3 is 0 Å². The maximum atomic E-state index is 12.5. The van der Waals surface area contributed by atoms with Crippen LogP contribution in [-0.4, -0.2) is 21.9 Å². The third kappa shape index (κ3) is 3.82. The van der Waals surface area contributed by atoms with Gasteiger partial charge in [0.2, 0.25) is 0 Å². The van der Waals surface area contributed by atoms with Crippen LogP contribution in [0.15, 0.2) is 59.1 Å². The van der Waals surface area contributed by atoms with Crippen molar-refractivity contribution in [3.63, 3.8) is 0 Å². The molecule has 9 heteroatoms. The predicted molar refractivity (Wildman–Crippen MR) is 94.7 cm³/mol. The number of nitrogens with zero attached hydrogens (tertiary/aromatic N) is 2. The van der Waals surface area contributed by atoms with Crippen molar-refractivity contribution in [3.8, 4) is 11.3 Å². The molecule has 27 heavy (non-hydrogen) atoms. The highest BCUT2D eigenvalue weighted by atomic mass is 16.6. The quantitative estimate of drug-likeness (QED) is 0.540. The van der Waals surface area contributed by atoms with Crippen LogP contribution in [0.3, 0.4) is 0 Å². The van der Waals surface area contributed by atoms with Gasteiger partial charge in [-0.3, -0.25) is 30.6 Å². The minimum atomic E-state index is -0.692. The molecule has 3 rings (SSSR count). The molecule has 1 aromatic heterocycles. The maximum absolute atomic E-state index is 12.5. The largest absolute Gasteiger partial charge is 0.360 e. The third-order valence-corrected chi connectivity index (χ3v) is 3.75. The minimum Gasteiger partial charge on any atom is -0.360 e. The Hall–Kier alpha value is -4.01. The van der Waals surface area contributed by atoms with Crippen LogP contribution in [0.2, 0.25) is 0 Å². The van der Waals surface area contributed by atoms with E-state index in [2.05, 4.69) is 16.0 Å². The van der Waals surface area contributed by atoms with Crippen molar-refractivity contribution in [3.05, 3.63) is 81.6 Å². The Balaban J connectivity index is 1.75. The number of hydrogen-bond donors (Lipinski definition) is 2. The summed E-state index contributed by atoms with van der Waals surface area (Å²) in [5.74, 6) is -1.02. The normalized spacial score (nSPS) is 10.3. The summed E-state index contributed by atoms with van der Waals surface area (Å²) in [4.78, 5) is 34.8. The SMILES string of the molecule is Cc1onc(-c2ccccc2)c1C(=O)NNC(=O)c1cccc([N+](=O)[O-])c1. The first-order chi connectivity index (χ1) is 13.0. The molecule has 0 saturated carbocycles. The fourth-order valence-corrected chi connectivity index (χ4v) is 2.44. The Morgan fingerprint density at radius 2 is 1.74 bits per heavy atom. The lowest BCUT2D eigenvalue weighted by Crippen LogP contribution is -2.41. The lowest BCUT2D eigenvalue weighted by molar-refractivity contribution is -0.384. The molecule has 0 aliphatic rings. The molecule has 0 fully saturated rings. The van der Waals surface area contributed by atoms with Crippen LogP contribution in [0.4, 0.5) is 5.69 Å². The molecule has 0 bridgehead atoms. The third-order valence-electron chi connectivity index (χ3n) is 3.75. The molecule has 2 amide bonds. The van der Waals surface area contributed by atoms with E-state index in [1.165, 1.54) is 18.2 Å². The number of hydrogen-bond acceptors (Lipinski definition) is 6. The summed E-state index contributed by atoms with van der Waals surface area (Å²) in [6.45, 7) is 1.58. The van der Waals surface area contributed by atoms with Crippen molar-refractivity contribution in [2.75, 3.05) is 0 Å². The number of carbonyl (C=O) groups is 2. The van der Waals surface area contributed by atoms with Crippen molar-refractivity contribution in [2.45, 2.75) is 6.92 Å². The summed E-state index contributed by atoms with van der Waals surface area (Å²) in [5.41, 5.74) is 5.52. The molecule has 3 aromatic rings. The van der Waals surface area contributed by atoms with E-state index in [1.807, 2.05) is 6.07 Å². The van der Waals surface area contributed by atoms with Gasteiger partial charge in [-0.15, -0.1) is 0 Å². The molecule has 1 heterocycles. The summed E-state index contributed by atoms with van der Waals surface area (Å²) >= 11 is 0. The van der Waals surface area contributed by atoms with Crippen LogP contribution in [0, 0.1) is 17.0 Å². The van der Waals surface area contributed by atoms with Gasteiger partial charge in [0.1, 0.15) is 17.0 Å². The fraction of sp³-hybridized carbons (Fsp3) is 0.0556. The fourth-order valence-electron chi connectivity index (χ4n) is 2.44. The molecule has 0 spiro atoms. The Bertz CT molecular complexity index is 1010. The number of amides is 2. The van der Waals surface area contributed by atoms with Gasteiger partial charge in [-0.1, -0.05) is 41.6 Å². The number of nitro benzene ring substituents is 1. The Kier molecular flexibility index (Phi) is 4.93. The highest BCUT2D eigenvalue weighted by molar-refractivity contribution is 6.03. The second kappa shape index (κ2) is 7.48. The molecule has 0 unspecified atom stereocenters. The molecular formula is C18H14N4O5. The van der Waals surface area contributed by atoms with Crippen LogP contribution in [0.5, 0.6) is 0 Å². The van der Waals surface area contributed by atoms with E-state index in [1.54, 1.807) is 31.2 Å². The number of rotatable bonds is 4. The number of benzene rings is 2. The second-order valence-electron chi connectivity index (χ2n) is 5.54. The van der Waals surface area contributed by atoms with E-state index in [0.29, 0.717) is 11.3 Å². The van der Waals surface area contributed by atoms with E-state index in [-0.39, 0.29) is 22.6 Å². The first kappa shape index (κ1) is 17.8. The Morgan fingerprint density at radius 1 is 1.04 bits per heavy atom. The molecule has 0 saturated heterocycles. The van der Waals surface area contributed by atoms with Crippen LogP contribution < -0.4 is 10.9 Å². The van der Waals surface area contributed by atoms with Gasteiger partial charge in [-0.25, -0.2) is 0 Å². The van der Waals surface area contributed by atoms with Crippen molar-refractivity contribution < 1.29 is 19.0 Å². The highest BCUT2D eigenvalue weighted by Gasteiger charge is 2.22. The lowest BCUT2D eigenvalue weighted by Gasteiger charge is -2.08. The monoisotopic (exact) mass is 366 g/mol. The van der Waals surface area contributed by atoms with Gasteiger partial charge in [-0.05, 0) is 13.0 Å². The predicted octanol–water partition coefficient (Wildman–Crippen LogP) is 2.63. The van der Waals surface area contributed by atoms with Crippen molar-refractivity contribution in [2.24, 2.45) is 0 Å². The van der Waals surface area contributed by atoms with E-state index in [0.717, 1.165) is 6.07 Å². The van der Waals surface area contributed by atoms with Crippen molar-refractivity contribution in [1.29, 1.82) is 0 Å². The van der Waals surface area contributed by atoms with Crippen LogP contribution in [-0.2, 0) is 0 Å². The molecule has 136 valence electrons. The number of nitrogens with one attached hydrogen (secondary N) is 2. The van der Waals surface area contributed by atoms with Gasteiger partial charge in [0.05, 0.1) is 4.92 Å². The highest BCUT2D eigenvalue weighted by Crippen LogP contribution is 2.24. The molecular weight excluding hydrogens is 352 g/mol. The van der Waals surface area contributed by atoms with Crippen LogP contribution in [0.1, 0.15) is 26.5 Å². The second-order valence-corrected chi connectivity index (χ2v) is 5.54. The van der Waals surface area contributed by atoms with E-state index in [9.17, 15) is 19.7 Å². The first-order valence-corrected chi connectivity index (χ1v) is 7.84. The number of carbonyl (C=O) groups excluding carboxylic acids is 2. The molecule has 2 aromatic carbocycles. The van der Waals surface area contributed by atoms with Gasteiger partial charge in [-0.2, -0.15) is 0 Å². The topological polar surface area (TPSA) is 127 Å². The van der Waals surface area contributed by atoms with Crippen molar-refractivity contribution in [1.82, 2.24) is 16.0 Å².